The Morgan fingerprint density at radius 2 is 2.18 bits per heavy atom. The molecular weight excluding hydrogens is 210 g/mol. The first kappa shape index (κ1) is 12.5. The zero-order valence-electron chi connectivity index (χ0n) is 10.7. The van der Waals surface area contributed by atoms with Crippen LogP contribution < -0.4 is 5.32 Å². The Morgan fingerprint density at radius 1 is 1.35 bits per heavy atom. The number of hydrogen-bond donors (Lipinski definition) is 1. The second kappa shape index (κ2) is 6.72. The Labute approximate surface area is 104 Å². The molecule has 1 fully saturated rings. The van der Waals surface area contributed by atoms with Gasteiger partial charge in [0, 0.05) is 32.4 Å². The third-order valence-electron chi connectivity index (χ3n) is 3.45. The van der Waals surface area contributed by atoms with Gasteiger partial charge in [0.05, 0.1) is 11.7 Å². The van der Waals surface area contributed by atoms with Gasteiger partial charge in [0.1, 0.15) is 0 Å². The van der Waals surface area contributed by atoms with Gasteiger partial charge in [0.25, 0.3) is 0 Å². The predicted octanol–water partition coefficient (Wildman–Crippen LogP) is 2.22. The van der Waals surface area contributed by atoms with Crippen LogP contribution in [0.5, 0.6) is 0 Å². The van der Waals surface area contributed by atoms with Gasteiger partial charge in [-0.25, -0.2) is 0 Å². The van der Waals surface area contributed by atoms with Crippen LogP contribution in [0.15, 0.2) is 24.4 Å². The van der Waals surface area contributed by atoms with Crippen molar-refractivity contribution in [3.05, 3.63) is 30.1 Å². The topological polar surface area (TPSA) is 28.2 Å². The molecule has 94 valence electrons. The molecule has 2 heterocycles. The second-order valence-corrected chi connectivity index (χ2v) is 4.70. The molecule has 1 aromatic heterocycles. The summed E-state index contributed by atoms with van der Waals surface area (Å²) in [7, 11) is 0. The van der Waals surface area contributed by atoms with Crippen molar-refractivity contribution in [1.82, 2.24) is 15.2 Å². The highest BCUT2D eigenvalue weighted by molar-refractivity contribution is 5.09. The summed E-state index contributed by atoms with van der Waals surface area (Å²) in [5.41, 5.74) is 1.24. The van der Waals surface area contributed by atoms with E-state index in [1.165, 1.54) is 25.0 Å². The molecule has 3 heteroatoms. The summed E-state index contributed by atoms with van der Waals surface area (Å²) >= 11 is 0. The van der Waals surface area contributed by atoms with Gasteiger partial charge in [-0.15, -0.1) is 0 Å². The van der Waals surface area contributed by atoms with Gasteiger partial charge >= 0.3 is 0 Å². The normalized spacial score (nSPS) is 19.1. The second-order valence-electron chi connectivity index (χ2n) is 4.70. The summed E-state index contributed by atoms with van der Waals surface area (Å²) in [5.74, 6) is 0. The van der Waals surface area contributed by atoms with Gasteiger partial charge in [-0.3, -0.25) is 9.88 Å². The third kappa shape index (κ3) is 3.51. The minimum absolute atomic E-state index is 0.512. The van der Waals surface area contributed by atoms with E-state index in [1.807, 2.05) is 12.3 Å². The molecule has 0 saturated carbocycles. The van der Waals surface area contributed by atoms with Crippen LogP contribution in [0.1, 0.15) is 37.9 Å². The van der Waals surface area contributed by atoms with E-state index >= 15 is 0 Å². The van der Waals surface area contributed by atoms with Crippen LogP contribution >= 0.6 is 0 Å². The number of nitrogens with zero attached hydrogens (tertiary/aromatic N) is 2. The van der Waals surface area contributed by atoms with Gasteiger partial charge in [-0.05, 0) is 18.6 Å². The summed E-state index contributed by atoms with van der Waals surface area (Å²) in [4.78, 5) is 7.12. The van der Waals surface area contributed by atoms with Crippen molar-refractivity contribution in [2.45, 2.75) is 32.2 Å². The molecule has 0 aliphatic carbocycles. The van der Waals surface area contributed by atoms with Gasteiger partial charge < -0.3 is 5.32 Å². The largest absolute Gasteiger partial charge is 0.314 e. The van der Waals surface area contributed by atoms with E-state index < -0.39 is 0 Å². The fourth-order valence-electron chi connectivity index (χ4n) is 2.48. The lowest BCUT2D eigenvalue weighted by Crippen LogP contribution is -2.45. The summed E-state index contributed by atoms with van der Waals surface area (Å²) < 4.78 is 0. The van der Waals surface area contributed by atoms with Crippen LogP contribution in [0.3, 0.4) is 0 Å². The molecule has 0 bridgehead atoms. The molecule has 1 aliphatic rings. The zero-order valence-corrected chi connectivity index (χ0v) is 10.7. The SMILES string of the molecule is CCCCC(c1ccccn1)N1CCNCC1. The van der Waals surface area contributed by atoms with Crippen molar-refractivity contribution in [2.75, 3.05) is 26.2 Å². The molecule has 2 rings (SSSR count). The molecule has 0 aromatic carbocycles. The van der Waals surface area contributed by atoms with E-state index in [0.29, 0.717) is 6.04 Å². The molecule has 1 unspecified atom stereocenters. The van der Waals surface area contributed by atoms with Crippen LogP contribution in [0.4, 0.5) is 0 Å². The number of pyridine rings is 1. The summed E-state index contributed by atoms with van der Waals surface area (Å²) in [5, 5.41) is 3.42. The number of aromatic nitrogens is 1. The van der Waals surface area contributed by atoms with E-state index in [9.17, 15) is 0 Å². The summed E-state index contributed by atoms with van der Waals surface area (Å²) in [6, 6.07) is 6.78. The van der Waals surface area contributed by atoms with Crippen molar-refractivity contribution in [2.24, 2.45) is 0 Å². The molecule has 0 spiro atoms. The predicted molar refractivity (Wildman–Crippen MR) is 70.9 cm³/mol. The standard InChI is InChI=1S/C14H23N3/c1-2-3-7-14(13-6-4-5-8-16-13)17-11-9-15-10-12-17/h4-6,8,14-15H,2-3,7,9-12H2,1H3. The molecule has 0 radical (unpaired) electrons. The Morgan fingerprint density at radius 3 is 2.82 bits per heavy atom. The first-order valence-corrected chi connectivity index (χ1v) is 6.77. The quantitative estimate of drug-likeness (QED) is 0.845. The van der Waals surface area contributed by atoms with Gasteiger partial charge in [-0.1, -0.05) is 25.8 Å². The van der Waals surface area contributed by atoms with Crippen molar-refractivity contribution < 1.29 is 0 Å². The molecule has 1 saturated heterocycles. The maximum Gasteiger partial charge on any atom is 0.0575 e. The Bertz CT molecular complexity index is 307. The summed E-state index contributed by atoms with van der Waals surface area (Å²) in [6.45, 7) is 6.76. The fraction of sp³-hybridized carbons (Fsp3) is 0.643. The smallest absolute Gasteiger partial charge is 0.0575 e. The van der Waals surface area contributed by atoms with Crippen LogP contribution in [0.2, 0.25) is 0 Å². The molecule has 1 aromatic rings. The van der Waals surface area contributed by atoms with Gasteiger partial charge in [-0.2, -0.15) is 0 Å². The molecule has 17 heavy (non-hydrogen) atoms. The first-order valence-electron chi connectivity index (χ1n) is 6.77. The minimum atomic E-state index is 0.512. The molecule has 1 N–H and O–H groups in total. The molecule has 1 aliphatic heterocycles. The van der Waals surface area contributed by atoms with Crippen LogP contribution in [-0.2, 0) is 0 Å². The first-order chi connectivity index (χ1) is 8.42. The number of unbranched alkanes of at least 4 members (excludes halogenated alkanes) is 1. The highest BCUT2D eigenvalue weighted by atomic mass is 15.2. The number of rotatable bonds is 5. The molecule has 1 atom stereocenters. The maximum atomic E-state index is 4.55. The molecular formula is C14H23N3. The number of nitrogens with one attached hydrogen (secondary N) is 1. The lowest BCUT2D eigenvalue weighted by molar-refractivity contribution is 0.160. The van der Waals surface area contributed by atoms with Gasteiger partial charge in [0.2, 0.25) is 0 Å². The Hall–Kier alpha value is -0.930. The zero-order chi connectivity index (χ0) is 11.9. The van der Waals surface area contributed by atoms with Crippen LogP contribution in [0.25, 0.3) is 0 Å². The van der Waals surface area contributed by atoms with E-state index in [-0.39, 0.29) is 0 Å². The van der Waals surface area contributed by atoms with Gasteiger partial charge in [0.15, 0.2) is 0 Å². The van der Waals surface area contributed by atoms with Crippen LogP contribution in [0, 0.1) is 0 Å². The maximum absolute atomic E-state index is 4.55. The summed E-state index contributed by atoms with van der Waals surface area (Å²) in [6.07, 6.45) is 5.69. The highest BCUT2D eigenvalue weighted by Gasteiger charge is 2.22. The number of hydrogen-bond acceptors (Lipinski definition) is 3. The highest BCUT2D eigenvalue weighted by Crippen LogP contribution is 2.24. The fourth-order valence-corrected chi connectivity index (χ4v) is 2.48. The Balaban J connectivity index is 2.06. The van der Waals surface area contributed by atoms with Crippen molar-refractivity contribution in [1.29, 1.82) is 0 Å². The third-order valence-corrected chi connectivity index (χ3v) is 3.45. The molecule has 3 nitrogen and oxygen atoms in total. The van der Waals surface area contributed by atoms with E-state index in [2.05, 4.69) is 34.3 Å². The average molecular weight is 233 g/mol. The lowest BCUT2D eigenvalue weighted by Gasteiger charge is -2.34. The van der Waals surface area contributed by atoms with Crippen LogP contribution in [-0.4, -0.2) is 36.1 Å². The monoisotopic (exact) mass is 233 g/mol. The molecule has 0 amide bonds. The Kier molecular flexibility index (Phi) is 4.95. The van der Waals surface area contributed by atoms with Crippen molar-refractivity contribution in [3.63, 3.8) is 0 Å². The average Bonchev–Trinajstić information content (AvgIpc) is 2.42. The lowest BCUT2D eigenvalue weighted by atomic mass is 10.0. The van der Waals surface area contributed by atoms with Crippen molar-refractivity contribution in [3.8, 4) is 0 Å². The van der Waals surface area contributed by atoms with E-state index in [1.54, 1.807) is 0 Å². The number of piperazine rings is 1. The van der Waals surface area contributed by atoms with Crippen molar-refractivity contribution >= 4 is 0 Å². The van der Waals surface area contributed by atoms with E-state index in [0.717, 1.165) is 26.2 Å². The minimum Gasteiger partial charge on any atom is -0.314 e. The van der Waals surface area contributed by atoms with E-state index in [4.69, 9.17) is 0 Å².